The van der Waals surface area contributed by atoms with Crippen LogP contribution in [0.1, 0.15) is 44.1 Å². The van der Waals surface area contributed by atoms with Crippen LogP contribution in [0.3, 0.4) is 0 Å². The van der Waals surface area contributed by atoms with Gasteiger partial charge in [-0.3, -0.25) is 9.59 Å². The van der Waals surface area contributed by atoms with E-state index in [1.807, 2.05) is 0 Å². The van der Waals surface area contributed by atoms with E-state index in [0.29, 0.717) is 29.1 Å². The van der Waals surface area contributed by atoms with Crippen molar-refractivity contribution in [3.8, 4) is 0 Å². The Morgan fingerprint density at radius 3 is 2.35 bits per heavy atom. The van der Waals surface area contributed by atoms with Gasteiger partial charge in [0.15, 0.2) is 5.69 Å². The molecule has 2 aromatic carbocycles. The maximum absolute atomic E-state index is 12.9. The van der Waals surface area contributed by atoms with E-state index in [1.54, 1.807) is 24.3 Å². The predicted octanol–water partition coefficient (Wildman–Crippen LogP) is 1.76. The number of aryl methyl sites for hydroxylation is 1. The summed E-state index contributed by atoms with van der Waals surface area (Å²) in [5.74, 6) is -0.714. The summed E-state index contributed by atoms with van der Waals surface area (Å²) in [5, 5.41) is 16.2. The quantitative estimate of drug-likeness (QED) is 0.362. The van der Waals surface area contributed by atoms with Crippen LogP contribution in [-0.4, -0.2) is 47.7 Å². The number of carbonyl (C=O) groups is 2. The van der Waals surface area contributed by atoms with Gasteiger partial charge in [-0.05, 0) is 30.5 Å². The number of benzene rings is 2. The molecule has 0 atom stereocenters. The van der Waals surface area contributed by atoms with E-state index >= 15 is 0 Å². The topological polar surface area (TPSA) is 91.4 Å². The second-order valence-corrected chi connectivity index (χ2v) is 7.75. The van der Waals surface area contributed by atoms with Crippen molar-refractivity contribution in [2.75, 3.05) is 31.2 Å². The molecule has 1 aliphatic heterocycles. The molecule has 1 fully saturated rings. The van der Waals surface area contributed by atoms with Crippen molar-refractivity contribution in [2.24, 2.45) is 0 Å². The number of hydrogen-bond donors (Lipinski definition) is 0. The number of ketones is 2. The molecule has 8 heteroatoms. The van der Waals surface area contributed by atoms with Crippen molar-refractivity contribution in [3.05, 3.63) is 81.8 Å². The summed E-state index contributed by atoms with van der Waals surface area (Å²) in [6, 6.07) is 15.0. The Morgan fingerprint density at radius 1 is 0.968 bits per heavy atom. The fourth-order valence-corrected chi connectivity index (χ4v) is 4.23. The molecule has 8 nitrogen and oxygen atoms in total. The molecule has 2 aliphatic rings. The highest BCUT2D eigenvalue weighted by Gasteiger charge is 2.38. The van der Waals surface area contributed by atoms with Gasteiger partial charge in [0, 0.05) is 40.0 Å². The molecule has 0 bridgehead atoms. The number of carbonyl (C=O) groups excluding carboxylic acids is 2. The van der Waals surface area contributed by atoms with Crippen molar-refractivity contribution < 1.29 is 19.3 Å². The lowest BCUT2D eigenvalue weighted by Crippen LogP contribution is -2.41. The zero-order valence-electron chi connectivity index (χ0n) is 17.0. The van der Waals surface area contributed by atoms with E-state index in [2.05, 4.69) is 34.3 Å². The molecule has 1 aliphatic carbocycles. The van der Waals surface area contributed by atoms with Gasteiger partial charge in [0.1, 0.15) is 0 Å². The Labute approximate surface area is 179 Å². The van der Waals surface area contributed by atoms with E-state index < -0.39 is 0 Å². The number of hydrogen-bond acceptors (Lipinski definition) is 6. The SMILES string of the molecule is O=C1c2ccccc2C(=O)c2c1n[n+]([O-])n2CCCc1ccc(N2CCOCC2)cc1. The first kappa shape index (κ1) is 19.4. The van der Waals surface area contributed by atoms with Gasteiger partial charge in [0.2, 0.25) is 17.3 Å². The minimum atomic E-state index is -0.382. The van der Waals surface area contributed by atoms with Gasteiger partial charge in [0.25, 0.3) is 0 Å². The van der Waals surface area contributed by atoms with E-state index in [0.717, 1.165) is 38.3 Å². The van der Waals surface area contributed by atoms with Crippen LogP contribution >= 0.6 is 0 Å². The zero-order valence-corrected chi connectivity index (χ0v) is 17.0. The Balaban J connectivity index is 1.29. The molecule has 158 valence electrons. The molecule has 3 aromatic rings. The third-order valence-electron chi connectivity index (χ3n) is 5.87. The monoisotopic (exact) mass is 418 g/mol. The average Bonchev–Trinajstić information content (AvgIpc) is 3.15. The van der Waals surface area contributed by atoms with E-state index in [1.165, 1.54) is 10.4 Å². The molecule has 0 amide bonds. The highest BCUT2D eigenvalue weighted by molar-refractivity contribution is 6.26. The number of nitrogens with zero attached hydrogens (tertiary/aromatic N) is 4. The second-order valence-electron chi connectivity index (χ2n) is 7.75. The lowest BCUT2D eigenvalue weighted by atomic mass is 9.90. The summed E-state index contributed by atoms with van der Waals surface area (Å²) < 4.78 is 6.67. The van der Waals surface area contributed by atoms with Crippen molar-refractivity contribution in [3.63, 3.8) is 0 Å². The lowest BCUT2D eigenvalue weighted by Gasteiger charge is -2.28. The molecule has 31 heavy (non-hydrogen) atoms. The first-order valence-corrected chi connectivity index (χ1v) is 10.4. The summed E-state index contributed by atoms with van der Waals surface area (Å²) in [6.07, 6.45) is 1.39. The highest BCUT2D eigenvalue weighted by atomic mass is 16.5. The van der Waals surface area contributed by atoms with Crippen LogP contribution in [0.2, 0.25) is 0 Å². The summed E-state index contributed by atoms with van der Waals surface area (Å²) in [7, 11) is 0. The molecule has 0 N–H and O–H groups in total. The standard InChI is InChI=1S/C23H22N4O4/c28-22-18-5-1-2-6-19(18)23(29)21-20(22)24-27(30)26(21)11-3-4-16-7-9-17(10-8-16)25-12-14-31-15-13-25/h1-2,5-10H,3-4,11-15H2. The number of rotatable bonds is 5. The van der Waals surface area contributed by atoms with Crippen LogP contribution in [0.15, 0.2) is 48.5 Å². The minimum absolute atomic E-state index is 0.0615. The second kappa shape index (κ2) is 7.96. The fraction of sp³-hybridized carbons (Fsp3) is 0.304. The van der Waals surface area contributed by atoms with Gasteiger partial charge in [-0.15, -0.1) is 4.68 Å². The van der Waals surface area contributed by atoms with Crippen molar-refractivity contribution in [1.82, 2.24) is 9.78 Å². The zero-order chi connectivity index (χ0) is 21.4. The van der Waals surface area contributed by atoms with Crippen LogP contribution in [0.4, 0.5) is 5.69 Å². The Kier molecular flexibility index (Phi) is 4.99. The molecule has 0 unspecified atom stereocenters. The third-order valence-corrected chi connectivity index (χ3v) is 5.87. The average molecular weight is 418 g/mol. The Bertz CT molecular complexity index is 1150. The van der Waals surface area contributed by atoms with Gasteiger partial charge in [-0.25, -0.2) is 0 Å². The number of fused-ring (bicyclic) bond motifs is 2. The van der Waals surface area contributed by atoms with Crippen molar-refractivity contribution >= 4 is 17.3 Å². The number of morpholine rings is 1. The van der Waals surface area contributed by atoms with Crippen LogP contribution in [0, 0.1) is 5.21 Å². The van der Waals surface area contributed by atoms with Gasteiger partial charge in [0.05, 0.1) is 19.8 Å². The summed E-state index contributed by atoms with van der Waals surface area (Å²) in [5.41, 5.74) is 2.97. The minimum Gasteiger partial charge on any atom is -0.571 e. The van der Waals surface area contributed by atoms with Gasteiger partial charge < -0.3 is 14.8 Å². The maximum atomic E-state index is 12.9. The van der Waals surface area contributed by atoms with E-state index in [-0.39, 0.29) is 23.0 Å². The first-order chi connectivity index (χ1) is 15.1. The predicted molar refractivity (Wildman–Crippen MR) is 112 cm³/mol. The fourth-order valence-electron chi connectivity index (χ4n) is 4.23. The third kappa shape index (κ3) is 3.48. The molecule has 0 spiro atoms. The smallest absolute Gasteiger partial charge is 0.220 e. The number of anilines is 1. The number of aromatic nitrogens is 3. The number of ether oxygens (including phenoxy) is 1. The van der Waals surface area contributed by atoms with Crippen LogP contribution in [-0.2, 0) is 17.7 Å². The largest absolute Gasteiger partial charge is 0.571 e. The molecule has 1 aromatic heterocycles. The molecule has 2 heterocycles. The molecular weight excluding hydrogens is 396 g/mol. The molecule has 0 radical (unpaired) electrons. The van der Waals surface area contributed by atoms with Gasteiger partial charge >= 0.3 is 0 Å². The van der Waals surface area contributed by atoms with E-state index in [9.17, 15) is 14.8 Å². The summed E-state index contributed by atoms with van der Waals surface area (Å²) in [6.45, 7) is 3.59. The summed E-state index contributed by atoms with van der Waals surface area (Å²) >= 11 is 0. The molecular formula is C23H22N4O4. The molecule has 1 saturated heterocycles. The molecule has 0 saturated carbocycles. The summed E-state index contributed by atoms with van der Waals surface area (Å²) in [4.78, 5) is 28.3. The van der Waals surface area contributed by atoms with Crippen LogP contribution in [0.5, 0.6) is 0 Å². The van der Waals surface area contributed by atoms with Gasteiger partial charge in [-0.1, -0.05) is 36.4 Å². The van der Waals surface area contributed by atoms with Crippen molar-refractivity contribution in [2.45, 2.75) is 19.4 Å². The lowest BCUT2D eigenvalue weighted by molar-refractivity contribution is -0.749. The van der Waals surface area contributed by atoms with Crippen LogP contribution < -0.4 is 9.86 Å². The van der Waals surface area contributed by atoms with E-state index in [4.69, 9.17) is 4.74 Å². The Morgan fingerprint density at radius 2 is 1.65 bits per heavy atom. The maximum Gasteiger partial charge on any atom is 0.220 e. The normalized spacial score (nSPS) is 15.7. The van der Waals surface area contributed by atoms with Crippen LogP contribution in [0.25, 0.3) is 0 Å². The van der Waals surface area contributed by atoms with Crippen molar-refractivity contribution in [1.29, 1.82) is 0 Å². The first-order valence-electron chi connectivity index (χ1n) is 10.4. The van der Waals surface area contributed by atoms with Gasteiger partial charge in [-0.2, -0.15) is 0 Å². The Hall–Kier alpha value is -3.52. The molecule has 5 rings (SSSR count). The highest BCUT2D eigenvalue weighted by Crippen LogP contribution is 2.25.